The summed E-state index contributed by atoms with van der Waals surface area (Å²) >= 11 is 6.13. The first kappa shape index (κ1) is 15.9. The van der Waals surface area contributed by atoms with Crippen LogP contribution in [0.1, 0.15) is 22.9 Å². The standard InChI is InChI=1S/C15H19ClFN3O/c1-10-4-5-11(8-13(10)17)15(21)14-12(16)9-18-20(14)7-6-19(2)3/h4-5,8-9,15,21H,6-7H2,1-3H3. The van der Waals surface area contributed by atoms with Crippen LogP contribution in [-0.4, -0.2) is 40.4 Å². The highest BCUT2D eigenvalue weighted by Crippen LogP contribution is 2.29. The van der Waals surface area contributed by atoms with Gasteiger partial charge in [-0.25, -0.2) is 4.39 Å². The molecule has 2 aromatic rings. The highest BCUT2D eigenvalue weighted by molar-refractivity contribution is 6.31. The van der Waals surface area contributed by atoms with Gasteiger partial charge in [-0.05, 0) is 38.2 Å². The predicted octanol–water partition coefficient (Wildman–Crippen LogP) is 2.63. The van der Waals surface area contributed by atoms with Crippen molar-refractivity contribution in [3.63, 3.8) is 0 Å². The van der Waals surface area contributed by atoms with Gasteiger partial charge in [-0.2, -0.15) is 5.10 Å². The van der Waals surface area contributed by atoms with E-state index in [4.69, 9.17) is 11.6 Å². The van der Waals surface area contributed by atoms with Crippen molar-refractivity contribution in [3.05, 3.63) is 52.1 Å². The first-order valence-corrected chi connectivity index (χ1v) is 7.08. The van der Waals surface area contributed by atoms with E-state index < -0.39 is 6.10 Å². The number of benzene rings is 1. The van der Waals surface area contributed by atoms with Crippen molar-refractivity contribution in [3.8, 4) is 0 Å². The van der Waals surface area contributed by atoms with Crippen molar-refractivity contribution < 1.29 is 9.50 Å². The Balaban J connectivity index is 2.31. The fraction of sp³-hybridized carbons (Fsp3) is 0.400. The number of rotatable bonds is 5. The Morgan fingerprint density at radius 1 is 1.43 bits per heavy atom. The first-order chi connectivity index (χ1) is 9.90. The van der Waals surface area contributed by atoms with Crippen LogP contribution in [0, 0.1) is 12.7 Å². The number of nitrogens with zero attached hydrogens (tertiary/aromatic N) is 3. The molecular weight excluding hydrogens is 293 g/mol. The van der Waals surface area contributed by atoms with Crippen molar-refractivity contribution in [2.45, 2.75) is 19.6 Å². The molecule has 0 aliphatic rings. The van der Waals surface area contributed by atoms with Gasteiger partial charge in [0.1, 0.15) is 11.9 Å². The van der Waals surface area contributed by atoms with Crippen LogP contribution in [0.3, 0.4) is 0 Å². The number of hydrogen-bond acceptors (Lipinski definition) is 3. The van der Waals surface area contributed by atoms with Gasteiger partial charge in [0.25, 0.3) is 0 Å². The Morgan fingerprint density at radius 2 is 2.14 bits per heavy atom. The smallest absolute Gasteiger partial charge is 0.126 e. The molecule has 1 heterocycles. The normalized spacial score (nSPS) is 12.9. The summed E-state index contributed by atoms with van der Waals surface area (Å²) in [4.78, 5) is 2.01. The molecule has 2 rings (SSSR count). The molecule has 0 saturated carbocycles. The number of aromatic nitrogens is 2. The number of aliphatic hydroxyl groups is 1. The molecule has 0 saturated heterocycles. The maximum atomic E-state index is 13.7. The minimum atomic E-state index is -1.00. The molecule has 0 aliphatic heterocycles. The highest BCUT2D eigenvalue weighted by Gasteiger charge is 2.20. The predicted molar refractivity (Wildman–Crippen MR) is 81.0 cm³/mol. The molecule has 1 aromatic heterocycles. The summed E-state index contributed by atoms with van der Waals surface area (Å²) in [6.07, 6.45) is 0.498. The zero-order valence-corrected chi connectivity index (χ0v) is 13.1. The number of likely N-dealkylation sites (N-methyl/N-ethyl adjacent to an activating group) is 1. The fourth-order valence-corrected chi connectivity index (χ4v) is 2.30. The molecule has 1 aromatic carbocycles. The van der Waals surface area contributed by atoms with Crippen molar-refractivity contribution in [1.82, 2.24) is 14.7 Å². The molecule has 0 bridgehead atoms. The third kappa shape index (κ3) is 3.61. The van der Waals surface area contributed by atoms with Gasteiger partial charge >= 0.3 is 0 Å². The molecule has 4 nitrogen and oxygen atoms in total. The van der Waals surface area contributed by atoms with Crippen LogP contribution in [0.25, 0.3) is 0 Å². The van der Waals surface area contributed by atoms with Crippen LogP contribution in [-0.2, 0) is 6.54 Å². The van der Waals surface area contributed by atoms with Crippen LogP contribution in [0.2, 0.25) is 5.02 Å². The molecule has 0 aliphatic carbocycles. The quantitative estimate of drug-likeness (QED) is 0.923. The van der Waals surface area contributed by atoms with E-state index in [1.165, 1.54) is 12.3 Å². The van der Waals surface area contributed by atoms with Crippen LogP contribution < -0.4 is 0 Å². The van der Waals surface area contributed by atoms with Gasteiger partial charge in [-0.3, -0.25) is 4.68 Å². The van der Waals surface area contributed by atoms with Crippen molar-refractivity contribution >= 4 is 11.6 Å². The number of hydrogen-bond donors (Lipinski definition) is 1. The molecule has 0 fully saturated rings. The summed E-state index contributed by atoms with van der Waals surface area (Å²) in [7, 11) is 3.91. The Kier molecular flexibility index (Phi) is 4.98. The summed E-state index contributed by atoms with van der Waals surface area (Å²) in [5.74, 6) is -0.345. The largest absolute Gasteiger partial charge is 0.382 e. The maximum absolute atomic E-state index is 13.7. The Bertz CT molecular complexity index is 627. The SMILES string of the molecule is Cc1ccc(C(O)c2c(Cl)cnn2CCN(C)C)cc1F. The van der Waals surface area contributed by atoms with Gasteiger partial charge in [0.05, 0.1) is 23.5 Å². The van der Waals surface area contributed by atoms with Crippen LogP contribution in [0.5, 0.6) is 0 Å². The molecule has 1 N–H and O–H groups in total. The van der Waals surface area contributed by atoms with E-state index in [0.29, 0.717) is 28.4 Å². The van der Waals surface area contributed by atoms with E-state index in [-0.39, 0.29) is 5.82 Å². The number of aryl methyl sites for hydroxylation is 1. The van der Waals surface area contributed by atoms with E-state index in [0.717, 1.165) is 6.54 Å². The van der Waals surface area contributed by atoms with Gasteiger partial charge in [-0.1, -0.05) is 23.7 Å². The molecule has 1 unspecified atom stereocenters. The summed E-state index contributed by atoms with van der Waals surface area (Å²) in [6.45, 7) is 3.04. The minimum Gasteiger partial charge on any atom is -0.382 e. The summed E-state index contributed by atoms with van der Waals surface area (Å²) in [5, 5.41) is 15.1. The highest BCUT2D eigenvalue weighted by atomic mass is 35.5. The fourth-order valence-electron chi connectivity index (χ4n) is 2.05. The second-order valence-corrected chi connectivity index (χ2v) is 5.72. The average Bonchev–Trinajstić information content (AvgIpc) is 2.80. The Labute approximate surface area is 128 Å². The van der Waals surface area contributed by atoms with Crippen molar-refractivity contribution in [2.24, 2.45) is 0 Å². The van der Waals surface area contributed by atoms with Crippen LogP contribution in [0.4, 0.5) is 4.39 Å². The minimum absolute atomic E-state index is 0.345. The summed E-state index contributed by atoms with van der Waals surface area (Å²) < 4.78 is 15.3. The van der Waals surface area contributed by atoms with Crippen LogP contribution >= 0.6 is 11.6 Å². The van der Waals surface area contributed by atoms with E-state index in [1.54, 1.807) is 23.7 Å². The lowest BCUT2D eigenvalue weighted by Gasteiger charge is -2.16. The lowest BCUT2D eigenvalue weighted by atomic mass is 10.0. The van der Waals surface area contributed by atoms with Gasteiger partial charge in [-0.15, -0.1) is 0 Å². The molecule has 21 heavy (non-hydrogen) atoms. The second-order valence-electron chi connectivity index (χ2n) is 5.32. The monoisotopic (exact) mass is 311 g/mol. The molecule has 0 spiro atoms. The number of halogens is 2. The Hall–Kier alpha value is -1.43. The van der Waals surface area contributed by atoms with Crippen molar-refractivity contribution in [1.29, 1.82) is 0 Å². The molecule has 0 radical (unpaired) electrons. The second kappa shape index (κ2) is 6.56. The molecule has 1 atom stereocenters. The van der Waals surface area contributed by atoms with E-state index in [2.05, 4.69) is 5.10 Å². The zero-order chi connectivity index (χ0) is 15.6. The topological polar surface area (TPSA) is 41.3 Å². The first-order valence-electron chi connectivity index (χ1n) is 6.70. The molecule has 114 valence electrons. The van der Waals surface area contributed by atoms with Crippen molar-refractivity contribution in [2.75, 3.05) is 20.6 Å². The lowest BCUT2D eigenvalue weighted by Crippen LogP contribution is -2.21. The third-order valence-corrected chi connectivity index (χ3v) is 3.65. The zero-order valence-electron chi connectivity index (χ0n) is 12.3. The molecule has 0 amide bonds. The van der Waals surface area contributed by atoms with E-state index in [1.807, 2.05) is 19.0 Å². The van der Waals surface area contributed by atoms with Gasteiger partial charge in [0.15, 0.2) is 0 Å². The molecular formula is C15H19ClFN3O. The maximum Gasteiger partial charge on any atom is 0.126 e. The van der Waals surface area contributed by atoms with Gasteiger partial charge in [0, 0.05) is 6.54 Å². The molecule has 6 heteroatoms. The average molecular weight is 312 g/mol. The van der Waals surface area contributed by atoms with Gasteiger partial charge < -0.3 is 10.0 Å². The summed E-state index contributed by atoms with van der Waals surface area (Å²) in [6, 6.07) is 4.67. The Morgan fingerprint density at radius 3 is 2.76 bits per heavy atom. The third-order valence-electron chi connectivity index (χ3n) is 3.36. The van der Waals surface area contributed by atoms with E-state index >= 15 is 0 Å². The van der Waals surface area contributed by atoms with E-state index in [9.17, 15) is 9.50 Å². The lowest BCUT2D eigenvalue weighted by molar-refractivity contribution is 0.205. The summed E-state index contributed by atoms with van der Waals surface area (Å²) in [5.41, 5.74) is 1.49. The van der Waals surface area contributed by atoms with Crippen LogP contribution in [0.15, 0.2) is 24.4 Å². The number of aliphatic hydroxyl groups excluding tert-OH is 1. The van der Waals surface area contributed by atoms with Gasteiger partial charge in [0.2, 0.25) is 0 Å².